The fraction of sp³-hybridized carbons (Fsp3) is 0.130. The lowest BCUT2D eigenvalue weighted by Crippen LogP contribution is -2.12. The van der Waals surface area contributed by atoms with E-state index < -0.39 is 17.4 Å². The second-order valence-corrected chi connectivity index (χ2v) is 6.84. The van der Waals surface area contributed by atoms with Gasteiger partial charge in [0.1, 0.15) is 22.7 Å². The molecule has 1 atom stereocenters. The molecule has 0 aliphatic heterocycles. The second-order valence-electron chi connectivity index (χ2n) is 6.84. The lowest BCUT2D eigenvalue weighted by atomic mass is 10.0. The summed E-state index contributed by atoms with van der Waals surface area (Å²) in [7, 11) is 0. The fourth-order valence-corrected chi connectivity index (χ4v) is 3.06. The standard InChI is InChI=1S/C23H18O6/c1-13(2)18(24)12-17-19(8-4-15-6-10-22(26)29-23(15)17)27-16-7-3-14-5-9-21(25)28-20(14)11-16/h3-11,18,24H,1,12H2,2H3/t18-/m1/s1. The average Bonchev–Trinajstić information content (AvgIpc) is 2.69. The maximum atomic E-state index is 11.8. The van der Waals surface area contributed by atoms with Gasteiger partial charge in [0.05, 0.1) is 6.10 Å². The van der Waals surface area contributed by atoms with Crippen molar-refractivity contribution in [1.29, 1.82) is 0 Å². The minimum absolute atomic E-state index is 0.164. The van der Waals surface area contributed by atoms with E-state index in [0.29, 0.717) is 39.2 Å². The third kappa shape index (κ3) is 3.83. The van der Waals surface area contributed by atoms with Crippen molar-refractivity contribution in [1.82, 2.24) is 0 Å². The van der Waals surface area contributed by atoms with E-state index in [2.05, 4.69) is 6.58 Å². The predicted molar refractivity (Wildman–Crippen MR) is 110 cm³/mol. The molecule has 0 bridgehead atoms. The topological polar surface area (TPSA) is 89.9 Å². The van der Waals surface area contributed by atoms with Gasteiger partial charge in [-0.05, 0) is 43.3 Å². The number of benzene rings is 2. The van der Waals surface area contributed by atoms with Crippen LogP contribution in [0.1, 0.15) is 12.5 Å². The SMILES string of the molecule is C=C(C)[C@H](O)Cc1c(Oc2ccc3ccc(=O)oc3c2)ccc2ccc(=O)oc12. The molecule has 29 heavy (non-hydrogen) atoms. The molecule has 0 radical (unpaired) electrons. The first-order chi connectivity index (χ1) is 13.9. The van der Waals surface area contributed by atoms with Gasteiger partial charge in [0, 0.05) is 41.0 Å². The molecule has 1 N–H and O–H groups in total. The zero-order chi connectivity index (χ0) is 20.5. The average molecular weight is 390 g/mol. The van der Waals surface area contributed by atoms with Crippen LogP contribution in [0.15, 0.2) is 85.2 Å². The van der Waals surface area contributed by atoms with Crippen LogP contribution in [-0.2, 0) is 6.42 Å². The number of ether oxygens (including phenoxy) is 1. The highest BCUT2D eigenvalue weighted by Gasteiger charge is 2.17. The van der Waals surface area contributed by atoms with Gasteiger partial charge in [-0.1, -0.05) is 12.2 Å². The smallest absolute Gasteiger partial charge is 0.336 e. The number of hydrogen-bond donors (Lipinski definition) is 1. The number of rotatable bonds is 5. The molecule has 0 aliphatic carbocycles. The van der Waals surface area contributed by atoms with E-state index in [9.17, 15) is 14.7 Å². The number of fused-ring (bicyclic) bond motifs is 2. The quantitative estimate of drug-likeness (QED) is 0.406. The molecule has 6 heteroatoms. The van der Waals surface area contributed by atoms with Gasteiger partial charge in [-0.2, -0.15) is 0 Å². The molecule has 4 rings (SSSR count). The molecular weight excluding hydrogens is 372 g/mol. The summed E-state index contributed by atoms with van der Waals surface area (Å²) >= 11 is 0. The Hall–Kier alpha value is -3.64. The predicted octanol–water partition coefficient (Wildman–Crippen LogP) is 4.17. The summed E-state index contributed by atoms with van der Waals surface area (Å²) in [5.41, 5.74) is 0.929. The van der Waals surface area contributed by atoms with E-state index in [1.807, 2.05) is 0 Å². The van der Waals surface area contributed by atoms with Crippen LogP contribution >= 0.6 is 0 Å². The fourth-order valence-electron chi connectivity index (χ4n) is 3.06. The normalized spacial score (nSPS) is 12.2. The highest BCUT2D eigenvalue weighted by atomic mass is 16.5. The van der Waals surface area contributed by atoms with Gasteiger partial charge in [-0.3, -0.25) is 0 Å². The van der Waals surface area contributed by atoms with Crippen LogP contribution in [-0.4, -0.2) is 11.2 Å². The maximum absolute atomic E-state index is 11.8. The number of aliphatic hydroxyl groups excluding tert-OH is 1. The Bertz CT molecular complexity index is 1350. The summed E-state index contributed by atoms with van der Waals surface area (Å²) in [5, 5.41) is 11.8. The lowest BCUT2D eigenvalue weighted by Gasteiger charge is -2.16. The first-order valence-electron chi connectivity index (χ1n) is 9.02. The van der Waals surface area contributed by atoms with Gasteiger partial charge in [-0.25, -0.2) is 9.59 Å². The van der Waals surface area contributed by atoms with Crippen molar-refractivity contribution < 1.29 is 18.7 Å². The summed E-state index contributed by atoms with van der Waals surface area (Å²) in [6, 6.07) is 14.7. The molecular formula is C23H18O6. The van der Waals surface area contributed by atoms with Crippen molar-refractivity contribution in [3.63, 3.8) is 0 Å². The third-order valence-corrected chi connectivity index (χ3v) is 4.64. The van der Waals surface area contributed by atoms with Crippen LogP contribution in [0.2, 0.25) is 0 Å². The molecule has 2 aromatic heterocycles. The molecule has 0 saturated heterocycles. The molecule has 0 saturated carbocycles. The zero-order valence-electron chi connectivity index (χ0n) is 15.7. The Morgan fingerprint density at radius 3 is 2.41 bits per heavy atom. The second kappa shape index (κ2) is 7.41. The Kier molecular flexibility index (Phi) is 4.78. The molecule has 4 aromatic rings. The molecule has 0 spiro atoms. The van der Waals surface area contributed by atoms with Crippen molar-refractivity contribution in [3.8, 4) is 11.5 Å². The summed E-state index contributed by atoms with van der Waals surface area (Å²) in [6.45, 7) is 5.50. The van der Waals surface area contributed by atoms with Crippen LogP contribution in [0.25, 0.3) is 21.9 Å². The van der Waals surface area contributed by atoms with Gasteiger partial charge < -0.3 is 18.7 Å². The third-order valence-electron chi connectivity index (χ3n) is 4.64. The molecule has 0 aliphatic rings. The van der Waals surface area contributed by atoms with Crippen molar-refractivity contribution in [2.75, 3.05) is 0 Å². The summed E-state index contributed by atoms with van der Waals surface area (Å²) in [5.74, 6) is 0.861. The minimum atomic E-state index is -0.830. The van der Waals surface area contributed by atoms with Crippen LogP contribution in [0, 0.1) is 0 Å². The molecule has 0 amide bonds. The Balaban J connectivity index is 1.83. The first kappa shape index (κ1) is 18.7. The van der Waals surface area contributed by atoms with Gasteiger partial charge in [-0.15, -0.1) is 0 Å². The van der Waals surface area contributed by atoms with Crippen molar-refractivity contribution in [3.05, 3.63) is 93.2 Å². The van der Waals surface area contributed by atoms with Crippen molar-refractivity contribution >= 4 is 21.9 Å². The van der Waals surface area contributed by atoms with E-state index in [1.165, 1.54) is 12.1 Å². The van der Waals surface area contributed by atoms with Crippen molar-refractivity contribution in [2.45, 2.75) is 19.4 Å². The lowest BCUT2D eigenvalue weighted by molar-refractivity contribution is 0.211. The Morgan fingerprint density at radius 2 is 1.66 bits per heavy atom. The van der Waals surface area contributed by atoms with Crippen LogP contribution in [0.5, 0.6) is 11.5 Å². The van der Waals surface area contributed by atoms with Gasteiger partial charge in [0.15, 0.2) is 0 Å². The molecule has 2 heterocycles. The number of hydrogen-bond acceptors (Lipinski definition) is 6. The van der Waals surface area contributed by atoms with E-state index in [0.717, 1.165) is 5.39 Å². The highest BCUT2D eigenvalue weighted by molar-refractivity contribution is 5.82. The monoisotopic (exact) mass is 390 g/mol. The van der Waals surface area contributed by atoms with E-state index >= 15 is 0 Å². The summed E-state index contributed by atoms with van der Waals surface area (Å²) < 4.78 is 16.6. The van der Waals surface area contributed by atoms with Crippen molar-refractivity contribution in [2.24, 2.45) is 0 Å². The zero-order valence-corrected chi connectivity index (χ0v) is 15.7. The molecule has 146 valence electrons. The van der Waals surface area contributed by atoms with Crippen LogP contribution in [0.3, 0.4) is 0 Å². The van der Waals surface area contributed by atoms with E-state index in [-0.39, 0.29) is 6.42 Å². The van der Waals surface area contributed by atoms with Gasteiger partial charge in [0.25, 0.3) is 0 Å². The molecule has 6 nitrogen and oxygen atoms in total. The summed E-state index contributed by atoms with van der Waals surface area (Å²) in [6.07, 6.45) is -0.666. The number of aliphatic hydroxyl groups is 1. The highest BCUT2D eigenvalue weighted by Crippen LogP contribution is 2.33. The van der Waals surface area contributed by atoms with Gasteiger partial charge >= 0.3 is 11.3 Å². The van der Waals surface area contributed by atoms with Crippen LogP contribution in [0.4, 0.5) is 0 Å². The first-order valence-corrected chi connectivity index (χ1v) is 9.02. The molecule has 0 unspecified atom stereocenters. The molecule has 0 fully saturated rings. The Labute approximate surface area is 165 Å². The summed E-state index contributed by atoms with van der Waals surface area (Å²) in [4.78, 5) is 23.3. The molecule has 2 aromatic carbocycles. The largest absolute Gasteiger partial charge is 0.457 e. The van der Waals surface area contributed by atoms with E-state index in [4.69, 9.17) is 13.6 Å². The minimum Gasteiger partial charge on any atom is -0.457 e. The van der Waals surface area contributed by atoms with E-state index in [1.54, 1.807) is 49.4 Å². The van der Waals surface area contributed by atoms with Gasteiger partial charge in [0.2, 0.25) is 0 Å². The maximum Gasteiger partial charge on any atom is 0.336 e. The van der Waals surface area contributed by atoms with Crippen LogP contribution < -0.4 is 16.0 Å². The Morgan fingerprint density at radius 1 is 1.00 bits per heavy atom.